The Morgan fingerprint density at radius 2 is 1.87 bits per heavy atom. The molecular weight excluding hydrogens is 576 g/mol. The molecule has 0 bridgehead atoms. The Hall–Kier alpha value is -3.87. The minimum atomic E-state index is -4.65. The summed E-state index contributed by atoms with van der Waals surface area (Å²) in [5.74, 6) is -0.672. The molecule has 0 fully saturated rings. The topological polar surface area (TPSA) is 112 Å². The van der Waals surface area contributed by atoms with E-state index in [2.05, 4.69) is 31.0 Å². The van der Waals surface area contributed by atoms with Crippen molar-refractivity contribution < 1.29 is 22.8 Å². The van der Waals surface area contributed by atoms with Crippen LogP contribution >= 0.6 is 35.0 Å². The molecule has 2 amide bonds. The molecule has 200 valence electrons. The second-order valence-electron chi connectivity index (χ2n) is 7.86. The van der Waals surface area contributed by atoms with Crippen LogP contribution in [0.15, 0.2) is 77.2 Å². The third-order valence-electron chi connectivity index (χ3n) is 5.11. The SMILES string of the molecule is O=C(Nc1ccc(Cl)cc1C(=O)N/N=C/c1ccc(Cl)c(C(F)(F)F)c1)c1cccc(CSc2ncn[nH]2)c1. The quantitative estimate of drug-likeness (QED) is 0.124. The van der Waals surface area contributed by atoms with Gasteiger partial charge in [0.15, 0.2) is 5.16 Å². The highest BCUT2D eigenvalue weighted by Crippen LogP contribution is 2.34. The maximum Gasteiger partial charge on any atom is 0.417 e. The van der Waals surface area contributed by atoms with Gasteiger partial charge in [0.25, 0.3) is 11.8 Å². The lowest BCUT2D eigenvalue weighted by Crippen LogP contribution is -2.21. The lowest BCUT2D eigenvalue weighted by Gasteiger charge is -2.11. The maximum absolute atomic E-state index is 13.1. The van der Waals surface area contributed by atoms with Crippen molar-refractivity contribution >= 4 is 58.7 Å². The smallest absolute Gasteiger partial charge is 0.321 e. The van der Waals surface area contributed by atoms with E-state index in [1.807, 2.05) is 6.07 Å². The van der Waals surface area contributed by atoms with Gasteiger partial charge in [0, 0.05) is 16.3 Å². The minimum absolute atomic E-state index is 0.00267. The summed E-state index contributed by atoms with van der Waals surface area (Å²) in [6, 6.07) is 14.4. The third-order valence-corrected chi connectivity index (χ3v) is 6.62. The lowest BCUT2D eigenvalue weighted by molar-refractivity contribution is -0.137. The van der Waals surface area contributed by atoms with Gasteiger partial charge in [0.05, 0.1) is 28.1 Å². The highest BCUT2D eigenvalue weighted by atomic mass is 35.5. The van der Waals surface area contributed by atoms with Gasteiger partial charge in [-0.25, -0.2) is 10.4 Å². The maximum atomic E-state index is 13.1. The number of alkyl halides is 3. The zero-order valence-electron chi connectivity index (χ0n) is 19.6. The van der Waals surface area contributed by atoms with Crippen molar-refractivity contribution in [3.8, 4) is 0 Å². The average Bonchev–Trinajstić information content (AvgIpc) is 3.42. The van der Waals surface area contributed by atoms with Crippen molar-refractivity contribution in [2.45, 2.75) is 17.1 Å². The van der Waals surface area contributed by atoms with Crippen LogP contribution in [0, 0.1) is 0 Å². The Morgan fingerprint density at radius 3 is 2.62 bits per heavy atom. The first kappa shape index (κ1) is 28.1. The summed E-state index contributed by atoms with van der Waals surface area (Å²) in [5.41, 5.74) is 2.64. The monoisotopic (exact) mass is 592 g/mol. The summed E-state index contributed by atoms with van der Waals surface area (Å²) in [7, 11) is 0. The van der Waals surface area contributed by atoms with E-state index in [4.69, 9.17) is 23.2 Å². The standard InChI is InChI=1S/C25H17Cl2F3N6O2S/c26-17-5-7-21(34-22(37)16-3-1-2-15(8-16)12-39-24-31-13-33-36-24)18(10-17)23(38)35-32-11-14-4-6-20(27)19(9-14)25(28,29)30/h1-11,13H,12H2,(H,34,37)(H,35,38)(H,31,33,36)/b32-11+. The molecule has 0 saturated carbocycles. The van der Waals surface area contributed by atoms with Gasteiger partial charge in [-0.2, -0.15) is 23.4 Å². The number of aromatic amines is 1. The number of nitrogens with one attached hydrogen (secondary N) is 3. The summed E-state index contributed by atoms with van der Waals surface area (Å²) in [6.45, 7) is 0. The minimum Gasteiger partial charge on any atom is -0.321 e. The van der Waals surface area contributed by atoms with Crippen LogP contribution in [0.4, 0.5) is 18.9 Å². The zero-order valence-corrected chi connectivity index (χ0v) is 21.9. The summed E-state index contributed by atoms with van der Waals surface area (Å²) in [6.07, 6.45) is -2.21. The van der Waals surface area contributed by atoms with E-state index >= 15 is 0 Å². The summed E-state index contributed by atoms with van der Waals surface area (Å²) in [4.78, 5) is 29.8. The molecule has 0 atom stereocenters. The molecule has 0 unspecified atom stereocenters. The van der Waals surface area contributed by atoms with E-state index in [9.17, 15) is 22.8 Å². The number of hydrogen-bond acceptors (Lipinski definition) is 6. The van der Waals surface area contributed by atoms with E-state index < -0.39 is 28.6 Å². The van der Waals surface area contributed by atoms with Crippen LogP contribution in [0.25, 0.3) is 0 Å². The third kappa shape index (κ3) is 7.59. The molecule has 1 aromatic heterocycles. The highest BCUT2D eigenvalue weighted by molar-refractivity contribution is 7.98. The van der Waals surface area contributed by atoms with Gasteiger partial charge in [-0.05, 0) is 53.6 Å². The first-order chi connectivity index (χ1) is 18.6. The Bertz CT molecular complexity index is 1530. The number of carbonyl (C=O) groups excluding carboxylic acids is 2. The molecule has 0 spiro atoms. The number of rotatable bonds is 8. The van der Waals surface area contributed by atoms with Crippen LogP contribution in [-0.4, -0.2) is 33.2 Å². The molecule has 3 N–H and O–H groups in total. The predicted molar refractivity (Wildman–Crippen MR) is 143 cm³/mol. The van der Waals surface area contributed by atoms with Gasteiger partial charge < -0.3 is 5.32 Å². The van der Waals surface area contributed by atoms with Crippen LogP contribution in [0.3, 0.4) is 0 Å². The number of amides is 2. The van der Waals surface area contributed by atoms with Gasteiger partial charge in [-0.3, -0.25) is 14.7 Å². The number of aromatic nitrogens is 3. The summed E-state index contributed by atoms with van der Waals surface area (Å²) >= 11 is 13.1. The van der Waals surface area contributed by atoms with Crippen molar-refractivity contribution in [3.63, 3.8) is 0 Å². The molecule has 4 rings (SSSR count). The van der Waals surface area contributed by atoms with Crippen LogP contribution in [0.5, 0.6) is 0 Å². The fraction of sp³-hybridized carbons (Fsp3) is 0.0800. The number of nitrogens with zero attached hydrogens (tertiary/aromatic N) is 3. The Kier molecular flexibility index (Phi) is 8.90. The fourth-order valence-corrected chi connectivity index (χ4v) is 4.41. The van der Waals surface area contributed by atoms with E-state index in [0.29, 0.717) is 16.5 Å². The first-order valence-corrected chi connectivity index (χ1v) is 12.7. The predicted octanol–water partition coefficient (Wildman–Crippen LogP) is 6.44. The highest BCUT2D eigenvalue weighted by Gasteiger charge is 2.33. The average molecular weight is 593 g/mol. The molecule has 0 saturated heterocycles. The van der Waals surface area contributed by atoms with Crippen LogP contribution in [-0.2, 0) is 11.9 Å². The molecule has 14 heteroatoms. The molecule has 0 aliphatic heterocycles. The van der Waals surface area contributed by atoms with Crippen molar-refractivity contribution in [1.82, 2.24) is 20.6 Å². The fourth-order valence-electron chi connectivity index (χ4n) is 3.29. The van der Waals surface area contributed by atoms with E-state index in [0.717, 1.165) is 23.9 Å². The van der Waals surface area contributed by atoms with Crippen molar-refractivity contribution in [2.75, 3.05) is 5.32 Å². The van der Waals surface area contributed by atoms with E-state index in [1.165, 1.54) is 42.4 Å². The van der Waals surface area contributed by atoms with E-state index in [1.54, 1.807) is 18.2 Å². The largest absolute Gasteiger partial charge is 0.417 e. The normalized spacial score (nSPS) is 11.5. The molecular formula is C25H17Cl2F3N6O2S. The second-order valence-corrected chi connectivity index (χ2v) is 9.67. The summed E-state index contributed by atoms with van der Waals surface area (Å²) < 4.78 is 39.2. The molecule has 3 aromatic carbocycles. The van der Waals surface area contributed by atoms with Crippen molar-refractivity contribution in [2.24, 2.45) is 5.10 Å². The molecule has 8 nitrogen and oxygen atoms in total. The molecule has 0 aliphatic rings. The number of H-pyrrole nitrogens is 1. The van der Waals surface area contributed by atoms with Crippen LogP contribution in [0.2, 0.25) is 10.0 Å². The van der Waals surface area contributed by atoms with Crippen molar-refractivity contribution in [3.05, 3.63) is 105 Å². The lowest BCUT2D eigenvalue weighted by atomic mass is 10.1. The zero-order chi connectivity index (χ0) is 28.0. The number of hydrogen-bond donors (Lipinski definition) is 3. The summed E-state index contributed by atoms with van der Waals surface area (Å²) in [5, 5.41) is 13.4. The van der Waals surface area contributed by atoms with Gasteiger partial charge in [0.1, 0.15) is 6.33 Å². The molecule has 39 heavy (non-hydrogen) atoms. The molecule has 0 aliphatic carbocycles. The van der Waals surface area contributed by atoms with E-state index in [-0.39, 0.29) is 21.8 Å². The second kappa shape index (κ2) is 12.3. The molecule has 0 radical (unpaired) electrons. The number of halogens is 5. The number of thioether (sulfide) groups is 1. The number of benzene rings is 3. The van der Waals surface area contributed by atoms with Crippen molar-refractivity contribution in [1.29, 1.82) is 0 Å². The van der Waals surface area contributed by atoms with Gasteiger partial charge in [-0.1, -0.05) is 53.2 Å². The van der Waals surface area contributed by atoms with Gasteiger partial charge in [0.2, 0.25) is 0 Å². The number of carbonyl (C=O) groups is 2. The molecule has 4 aromatic rings. The van der Waals surface area contributed by atoms with Gasteiger partial charge >= 0.3 is 6.18 Å². The van der Waals surface area contributed by atoms with Crippen LogP contribution < -0.4 is 10.7 Å². The van der Waals surface area contributed by atoms with Crippen LogP contribution in [0.1, 0.15) is 37.4 Å². The first-order valence-electron chi connectivity index (χ1n) is 11.0. The Balaban J connectivity index is 1.45. The number of anilines is 1. The van der Waals surface area contributed by atoms with Gasteiger partial charge in [-0.15, -0.1) is 0 Å². The Labute approximate surface area is 234 Å². The number of hydrazone groups is 1. The Morgan fingerprint density at radius 1 is 1.05 bits per heavy atom. The molecule has 1 heterocycles.